The number of thioether (sulfide) groups is 1. The summed E-state index contributed by atoms with van der Waals surface area (Å²) >= 11 is 1.19. The lowest BCUT2D eigenvalue weighted by atomic mass is 10.1. The molecule has 45 heavy (non-hydrogen) atoms. The van der Waals surface area contributed by atoms with Gasteiger partial charge in [0.25, 0.3) is 11.8 Å². The third-order valence-electron chi connectivity index (χ3n) is 6.23. The molecule has 0 heterocycles. The summed E-state index contributed by atoms with van der Waals surface area (Å²) < 4.78 is 10.9. The molecule has 12 heteroatoms. The summed E-state index contributed by atoms with van der Waals surface area (Å²) in [4.78, 5) is 51.0. The van der Waals surface area contributed by atoms with E-state index in [0.29, 0.717) is 33.2 Å². The van der Waals surface area contributed by atoms with Crippen LogP contribution in [0.15, 0.2) is 102 Å². The number of amides is 3. The smallest absolute Gasteiger partial charge is 0.339 e. The number of hydrogen-bond donors (Lipinski definition) is 5. The fourth-order valence-corrected chi connectivity index (χ4v) is 4.87. The van der Waals surface area contributed by atoms with Crippen molar-refractivity contribution in [3.63, 3.8) is 0 Å². The van der Waals surface area contributed by atoms with Crippen molar-refractivity contribution in [1.29, 1.82) is 0 Å². The minimum Gasteiger partial charge on any atom is -0.507 e. The van der Waals surface area contributed by atoms with Crippen molar-refractivity contribution in [2.24, 2.45) is 0 Å². The Bertz CT molecular complexity index is 1760. The first-order valence-corrected chi connectivity index (χ1v) is 14.4. The molecule has 0 radical (unpaired) electrons. The molecule has 0 unspecified atom stereocenters. The molecule has 0 saturated heterocycles. The zero-order valence-electron chi connectivity index (χ0n) is 24.2. The molecule has 0 spiro atoms. The van der Waals surface area contributed by atoms with Crippen molar-refractivity contribution in [3.8, 4) is 17.2 Å². The molecule has 0 aliphatic heterocycles. The van der Waals surface area contributed by atoms with Gasteiger partial charge in [-0.2, -0.15) is 0 Å². The lowest BCUT2D eigenvalue weighted by molar-refractivity contribution is -0.114. The number of carbonyl (C=O) groups is 4. The summed E-state index contributed by atoms with van der Waals surface area (Å²) in [6, 6.07) is 24.1. The molecule has 3 amide bonds. The molecule has 0 atom stereocenters. The Hall–Kier alpha value is -5.75. The summed E-state index contributed by atoms with van der Waals surface area (Å²) in [6.45, 7) is 0. The van der Waals surface area contributed by atoms with Gasteiger partial charge < -0.3 is 35.6 Å². The summed E-state index contributed by atoms with van der Waals surface area (Å²) in [5.74, 6) is -2.42. The van der Waals surface area contributed by atoms with Crippen molar-refractivity contribution in [2.45, 2.75) is 4.90 Å². The Kier molecular flexibility index (Phi) is 10.8. The molecule has 4 aromatic carbocycles. The number of hydrogen-bond acceptors (Lipinski definition) is 8. The number of aromatic hydroxyl groups is 1. The van der Waals surface area contributed by atoms with Crippen LogP contribution in [0.4, 0.5) is 11.4 Å². The van der Waals surface area contributed by atoms with E-state index in [2.05, 4.69) is 16.0 Å². The standard InChI is InChI=1S/C33H29N3O8S/c1-43-28-13-6-10-21(30(28)44-2)16-26(36-31(39)20-8-4-3-5-9-20)32(40)35-22-11-7-12-24(17-22)45-19-29(38)34-23-14-15-27(37)25(18-23)33(41)42/h3-18,37H,19H2,1-2H3,(H,34,38)(H,35,40)(H,36,39)(H,41,42)/b26-16+. The number of para-hydroxylation sites is 1. The van der Waals surface area contributed by atoms with E-state index in [0.717, 1.165) is 0 Å². The van der Waals surface area contributed by atoms with E-state index >= 15 is 0 Å². The predicted molar refractivity (Wildman–Crippen MR) is 171 cm³/mol. The summed E-state index contributed by atoms with van der Waals surface area (Å²) in [5, 5.41) is 26.9. The molecule has 0 aromatic heterocycles. The summed E-state index contributed by atoms with van der Waals surface area (Å²) in [6.07, 6.45) is 1.49. The van der Waals surface area contributed by atoms with Crippen molar-refractivity contribution >= 4 is 52.9 Å². The zero-order valence-corrected chi connectivity index (χ0v) is 25.0. The number of rotatable bonds is 12. The SMILES string of the molecule is COc1cccc(/C=C(/NC(=O)c2ccccc2)C(=O)Nc2cccc(SCC(=O)Nc3ccc(O)c(C(=O)O)c3)c2)c1OC. The van der Waals surface area contributed by atoms with Gasteiger partial charge in [-0.25, -0.2) is 4.79 Å². The number of ether oxygens (including phenoxy) is 2. The lowest BCUT2D eigenvalue weighted by Gasteiger charge is -2.14. The van der Waals surface area contributed by atoms with Gasteiger partial charge in [0.15, 0.2) is 11.5 Å². The van der Waals surface area contributed by atoms with Crippen molar-refractivity contribution in [3.05, 3.63) is 113 Å². The maximum absolute atomic E-state index is 13.5. The van der Waals surface area contributed by atoms with Gasteiger partial charge in [0.1, 0.15) is 17.0 Å². The van der Waals surface area contributed by atoms with Crippen LogP contribution < -0.4 is 25.4 Å². The predicted octanol–water partition coefficient (Wildman–Crippen LogP) is 5.25. The van der Waals surface area contributed by atoms with E-state index in [1.54, 1.807) is 72.8 Å². The zero-order chi connectivity index (χ0) is 32.3. The Morgan fingerprint density at radius 3 is 2.27 bits per heavy atom. The monoisotopic (exact) mass is 627 g/mol. The van der Waals surface area contributed by atoms with Crippen LogP contribution >= 0.6 is 11.8 Å². The van der Waals surface area contributed by atoms with Crippen LogP contribution in [0.3, 0.4) is 0 Å². The van der Waals surface area contributed by atoms with Crippen LogP contribution in [0.5, 0.6) is 17.2 Å². The number of nitrogens with one attached hydrogen (secondary N) is 3. The molecule has 0 fully saturated rings. The Labute approximate surface area is 262 Å². The van der Waals surface area contributed by atoms with Gasteiger partial charge in [0.05, 0.1) is 20.0 Å². The first kappa shape index (κ1) is 32.2. The average Bonchev–Trinajstić information content (AvgIpc) is 3.04. The minimum absolute atomic E-state index is 0.0192. The second-order valence-electron chi connectivity index (χ2n) is 9.32. The molecule has 5 N–H and O–H groups in total. The highest BCUT2D eigenvalue weighted by atomic mass is 32.2. The van der Waals surface area contributed by atoms with Gasteiger partial charge in [-0.1, -0.05) is 36.4 Å². The summed E-state index contributed by atoms with van der Waals surface area (Å²) in [7, 11) is 2.96. The number of carbonyl (C=O) groups excluding carboxylic acids is 3. The molecule has 4 aromatic rings. The number of carboxylic acid groups (broad SMARTS) is 1. The van der Waals surface area contributed by atoms with E-state index < -0.39 is 29.4 Å². The third kappa shape index (κ3) is 8.65. The van der Waals surface area contributed by atoms with Gasteiger partial charge in [-0.05, 0) is 60.7 Å². The highest BCUT2D eigenvalue weighted by Crippen LogP contribution is 2.32. The van der Waals surface area contributed by atoms with E-state index in [9.17, 15) is 29.4 Å². The van der Waals surface area contributed by atoms with E-state index in [-0.39, 0.29) is 22.7 Å². The molecule has 0 bridgehead atoms. The molecule has 11 nitrogen and oxygen atoms in total. The average molecular weight is 628 g/mol. The Morgan fingerprint density at radius 2 is 1.56 bits per heavy atom. The maximum Gasteiger partial charge on any atom is 0.339 e. The van der Waals surface area contributed by atoms with E-state index in [4.69, 9.17) is 9.47 Å². The topological polar surface area (TPSA) is 163 Å². The number of phenols is 1. The maximum atomic E-state index is 13.5. The highest BCUT2D eigenvalue weighted by molar-refractivity contribution is 8.00. The van der Waals surface area contributed by atoms with Crippen LogP contribution in [0, 0.1) is 0 Å². The van der Waals surface area contributed by atoms with Crippen molar-refractivity contribution in [1.82, 2.24) is 5.32 Å². The normalized spacial score (nSPS) is 10.8. The van der Waals surface area contributed by atoms with Gasteiger partial charge in [0.2, 0.25) is 5.91 Å². The number of anilines is 2. The second kappa shape index (κ2) is 15.1. The van der Waals surface area contributed by atoms with Gasteiger partial charge in [-0.3, -0.25) is 14.4 Å². The van der Waals surface area contributed by atoms with E-state index in [1.165, 1.54) is 50.3 Å². The van der Waals surface area contributed by atoms with Crippen molar-refractivity contribution in [2.75, 3.05) is 30.6 Å². The van der Waals surface area contributed by atoms with Crippen LogP contribution in [0.2, 0.25) is 0 Å². The van der Waals surface area contributed by atoms with Gasteiger partial charge in [-0.15, -0.1) is 11.8 Å². The third-order valence-corrected chi connectivity index (χ3v) is 7.23. The van der Waals surface area contributed by atoms with Crippen LogP contribution in [-0.4, -0.2) is 53.9 Å². The molecule has 0 aliphatic rings. The lowest BCUT2D eigenvalue weighted by Crippen LogP contribution is -2.30. The van der Waals surface area contributed by atoms with Gasteiger partial charge in [0, 0.05) is 27.4 Å². The number of aromatic carboxylic acids is 1. The highest BCUT2D eigenvalue weighted by Gasteiger charge is 2.18. The largest absolute Gasteiger partial charge is 0.507 e. The van der Waals surface area contributed by atoms with Crippen LogP contribution in [0.25, 0.3) is 6.08 Å². The first-order valence-electron chi connectivity index (χ1n) is 13.4. The number of benzene rings is 4. The van der Waals surface area contributed by atoms with E-state index in [1.807, 2.05) is 0 Å². The molecule has 0 saturated carbocycles. The van der Waals surface area contributed by atoms with Crippen molar-refractivity contribution < 1.29 is 38.9 Å². The van der Waals surface area contributed by atoms with Crippen LogP contribution in [-0.2, 0) is 9.59 Å². The molecular formula is C33H29N3O8S. The first-order chi connectivity index (χ1) is 21.7. The fraction of sp³-hybridized carbons (Fsp3) is 0.0909. The molecule has 4 rings (SSSR count). The van der Waals surface area contributed by atoms with Gasteiger partial charge >= 0.3 is 5.97 Å². The van der Waals surface area contributed by atoms with Crippen LogP contribution in [0.1, 0.15) is 26.3 Å². The fourth-order valence-electron chi connectivity index (χ4n) is 4.12. The Morgan fingerprint density at radius 1 is 0.822 bits per heavy atom. The molecule has 0 aliphatic carbocycles. The molecular weight excluding hydrogens is 598 g/mol. The quantitative estimate of drug-likeness (QED) is 0.0802. The molecule has 230 valence electrons. The second-order valence-corrected chi connectivity index (χ2v) is 10.4. The Balaban J connectivity index is 1.50. The number of carboxylic acids is 1. The summed E-state index contributed by atoms with van der Waals surface area (Å²) in [5.41, 5.74) is 1.10. The number of methoxy groups -OCH3 is 2. The minimum atomic E-state index is -1.32.